The Morgan fingerprint density at radius 1 is 1.35 bits per heavy atom. The fraction of sp³-hybridized carbons (Fsp3) is 0.250. The van der Waals surface area contributed by atoms with Crippen LogP contribution in [0.1, 0.15) is 23.0 Å². The molecule has 0 amide bonds. The molecule has 1 aromatic carbocycles. The number of carbonyl (C=O) groups excluding carboxylic acids is 1. The van der Waals surface area contributed by atoms with Crippen molar-refractivity contribution in [3.05, 3.63) is 33.4 Å². The second-order valence-corrected chi connectivity index (χ2v) is 4.47. The number of aryl methyl sites for hydroxylation is 1. The number of fused-ring (bicyclic) bond motifs is 1. The highest BCUT2D eigenvalue weighted by atomic mass is 35.5. The predicted molar refractivity (Wildman–Crippen MR) is 69.0 cm³/mol. The molecule has 1 N–H and O–H groups in total. The first-order valence-corrected chi connectivity index (χ1v) is 5.94. The number of aromatic amines is 1. The van der Waals surface area contributed by atoms with Crippen LogP contribution in [0.15, 0.2) is 12.1 Å². The van der Waals surface area contributed by atoms with Gasteiger partial charge in [-0.1, -0.05) is 23.2 Å². The summed E-state index contributed by atoms with van der Waals surface area (Å²) in [5, 5.41) is 1.61. The van der Waals surface area contributed by atoms with E-state index in [1.165, 1.54) is 0 Å². The Morgan fingerprint density at radius 2 is 2.00 bits per heavy atom. The summed E-state index contributed by atoms with van der Waals surface area (Å²) in [5.74, 6) is -0.352. The quantitative estimate of drug-likeness (QED) is 0.841. The standard InChI is InChI=1S/C12H11Cl2NO2/c1-3-17-12(16)11-6(2)15-10-5-9(14)8(13)4-7(10)11/h4-5,15H,3H2,1-2H3. The van der Waals surface area contributed by atoms with Gasteiger partial charge in [-0.15, -0.1) is 0 Å². The molecule has 3 nitrogen and oxygen atoms in total. The average molecular weight is 272 g/mol. The van der Waals surface area contributed by atoms with Gasteiger partial charge in [-0.2, -0.15) is 0 Å². The first-order chi connectivity index (χ1) is 8.04. The maximum absolute atomic E-state index is 11.8. The van der Waals surface area contributed by atoms with Crippen molar-refractivity contribution in [1.82, 2.24) is 4.98 Å². The van der Waals surface area contributed by atoms with Crippen LogP contribution in [0.5, 0.6) is 0 Å². The van der Waals surface area contributed by atoms with E-state index in [1.54, 1.807) is 19.1 Å². The summed E-state index contributed by atoms with van der Waals surface area (Å²) in [6.45, 7) is 3.92. The summed E-state index contributed by atoms with van der Waals surface area (Å²) in [5.41, 5.74) is 2.04. The van der Waals surface area contributed by atoms with Gasteiger partial charge < -0.3 is 9.72 Å². The van der Waals surface area contributed by atoms with Crippen molar-refractivity contribution >= 4 is 40.1 Å². The van der Waals surface area contributed by atoms with Crippen LogP contribution < -0.4 is 0 Å². The van der Waals surface area contributed by atoms with Gasteiger partial charge in [0.1, 0.15) is 0 Å². The van der Waals surface area contributed by atoms with Crippen molar-refractivity contribution in [2.75, 3.05) is 6.61 Å². The highest BCUT2D eigenvalue weighted by Gasteiger charge is 2.18. The van der Waals surface area contributed by atoms with Gasteiger partial charge in [-0.05, 0) is 26.0 Å². The predicted octanol–water partition coefficient (Wildman–Crippen LogP) is 3.96. The fourth-order valence-corrected chi connectivity index (χ4v) is 2.12. The molecule has 0 spiro atoms. The molecule has 1 heterocycles. The minimum Gasteiger partial charge on any atom is -0.462 e. The molecule has 2 aromatic rings. The Labute approximate surface area is 109 Å². The van der Waals surface area contributed by atoms with E-state index in [4.69, 9.17) is 27.9 Å². The summed E-state index contributed by atoms with van der Waals surface area (Å²) in [7, 11) is 0. The van der Waals surface area contributed by atoms with Gasteiger partial charge in [0.05, 0.1) is 22.2 Å². The van der Waals surface area contributed by atoms with E-state index in [1.807, 2.05) is 6.92 Å². The lowest BCUT2D eigenvalue weighted by molar-refractivity contribution is 0.0528. The molecule has 17 heavy (non-hydrogen) atoms. The lowest BCUT2D eigenvalue weighted by atomic mass is 10.1. The molecule has 1 aromatic heterocycles. The van der Waals surface area contributed by atoms with Crippen LogP contribution in [0.4, 0.5) is 0 Å². The van der Waals surface area contributed by atoms with E-state index in [9.17, 15) is 4.79 Å². The highest BCUT2D eigenvalue weighted by Crippen LogP contribution is 2.31. The Balaban J connectivity index is 2.66. The summed E-state index contributed by atoms with van der Waals surface area (Å²) in [6.07, 6.45) is 0. The third-order valence-corrected chi connectivity index (χ3v) is 3.23. The molecule has 5 heteroatoms. The van der Waals surface area contributed by atoms with Crippen LogP contribution in [-0.2, 0) is 4.74 Å². The number of ether oxygens (including phenoxy) is 1. The Kier molecular flexibility index (Phi) is 3.31. The number of nitrogens with one attached hydrogen (secondary N) is 1. The van der Waals surface area contributed by atoms with Gasteiger partial charge in [-0.3, -0.25) is 0 Å². The minimum absolute atomic E-state index is 0.340. The molecule has 0 atom stereocenters. The smallest absolute Gasteiger partial charge is 0.340 e. The van der Waals surface area contributed by atoms with E-state index in [-0.39, 0.29) is 5.97 Å². The average Bonchev–Trinajstić information content (AvgIpc) is 2.55. The number of esters is 1. The van der Waals surface area contributed by atoms with Crippen molar-refractivity contribution in [1.29, 1.82) is 0 Å². The third-order valence-electron chi connectivity index (χ3n) is 2.51. The Hall–Kier alpha value is -1.19. The SMILES string of the molecule is CCOC(=O)c1c(C)[nH]c2cc(Cl)c(Cl)cc12. The highest BCUT2D eigenvalue weighted by molar-refractivity contribution is 6.43. The van der Waals surface area contributed by atoms with Gasteiger partial charge in [0, 0.05) is 16.6 Å². The number of hydrogen-bond acceptors (Lipinski definition) is 2. The zero-order valence-electron chi connectivity index (χ0n) is 9.43. The van der Waals surface area contributed by atoms with Crippen LogP contribution in [-0.4, -0.2) is 17.6 Å². The van der Waals surface area contributed by atoms with Crippen molar-refractivity contribution < 1.29 is 9.53 Å². The first-order valence-electron chi connectivity index (χ1n) is 5.19. The molecule has 0 aliphatic heterocycles. The van der Waals surface area contributed by atoms with Crippen LogP contribution in [0.3, 0.4) is 0 Å². The van der Waals surface area contributed by atoms with E-state index >= 15 is 0 Å². The summed E-state index contributed by atoms with van der Waals surface area (Å²) < 4.78 is 5.01. The van der Waals surface area contributed by atoms with Gasteiger partial charge in [0.15, 0.2) is 0 Å². The first kappa shape index (κ1) is 12.3. The van der Waals surface area contributed by atoms with Crippen molar-refractivity contribution in [2.45, 2.75) is 13.8 Å². The number of halogens is 2. The zero-order valence-corrected chi connectivity index (χ0v) is 10.9. The lowest BCUT2D eigenvalue weighted by Crippen LogP contribution is -2.05. The van der Waals surface area contributed by atoms with Crippen LogP contribution in [0.25, 0.3) is 10.9 Å². The van der Waals surface area contributed by atoms with E-state index < -0.39 is 0 Å². The number of rotatable bonds is 2. The van der Waals surface area contributed by atoms with Crippen molar-refractivity contribution in [3.8, 4) is 0 Å². The van der Waals surface area contributed by atoms with Gasteiger partial charge >= 0.3 is 5.97 Å². The van der Waals surface area contributed by atoms with E-state index in [2.05, 4.69) is 4.98 Å². The maximum atomic E-state index is 11.8. The van der Waals surface area contributed by atoms with Crippen LogP contribution >= 0.6 is 23.2 Å². The van der Waals surface area contributed by atoms with Crippen molar-refractivity contribution in [2.24, 2.45) is 0 Å². The zero-order chi connectivity index (χ0) is 12.6. The summed E-state index contributed by atoms with van der Waals surface area (Å²) in [6, 6.07) is 3.38. The topological polar surface area (TPSA) is 42.1 Å². The number of carbonyl (C=O) groups is 1. The van der Waals surface area contributed by atoms with Crippen LogP contribution in [0.2, 0.25) is 10.0 Å². The minimum atomic E-state index is -0.352. The van der Waals surface area contributed by atoms with Crippen LogP contribution in [0, 0.1) is 6.92 Å². The third kappa shape index (κ3) is 2.13. The van der Waals surface area contributed by atoms with E-state index in [0.717, 1.165) is 16.6 Å². The Morgan fingerprint density at radius 3 is 2.65 bits per heavy atom. The normalized spacial score (nSPS) is 10.8. The second kappa shape index (κ2) is 4.59. The number of hydrogen-bond donors (Lipinski definition) is 1. The molecule has 0 bridgehead atoms. The number of benzene rings is 1. The fourth-order valence-electron chi connectivity index (χ4n) is 1.79. The van der Waals surface area contributed by atoms with Gasteiger partial charge in [0.2, 0.25) is 0 Å². The Bertz CT molecular complexity index is 590. The summed E-state index contributed by atoms with van der Waals surface area (Å²) in [4.78, 5) is 14.9. The second-order valence-electron chi connectivity index (χ2n) is 3.66. The van der Waals surface area contributed by atoms with Gasteiger partial charge in [-0.25, -0.2) is 4.79 Å². The molecule has 0 radical (unpaired) electrons. The monoisotopic (exact) mass is 271 g/mol. The number of aromatic nitrogens is 1. The molecule has 0 aliphatic rings. The van der Waals surface area contributed by atoms with Gasteiger partial charge in [0.25, 0.3) is 0 Å². The lowest BCUT2D eigenvalue weighted by Gasteiger charge is -2.02. The molecule has 0 unspecified atom stereocenters. The van der Waals surface area contributed by atoms with Crippen molar-refractivity contribution in [3.63, 3.8) is 0 Å². The molecule has 90 valence electrons. The molecule has 0 fully saturated rings. The molecule has 2 rings (SSSR count). The molecule has 0 saturated carbocycles. The summed E-state index contributed by atoms with van der Waals surface area (Å²) >= 11 is 11.9. The molecular weight excluding hydrogens is 261 g/mol. The number of H-pyrrole nitrogens is 1. The van der Waals surface area contributed by atoms with E-state index in [0.29, 0.717) is 22.2 Å². The molecule has 0 saturated heterocycles. The molecular formula is C12H11Cl2NO2. The molecule has 0 aliphatic carbocycles. The maximum Gasteiger partial charge on any atom is 0.340 e. The largest absolute Gasteiger partial charge is 0.462 e.